The lowest BCUT2D eigenvalue weighted by Gasteiger charge is -2.34. The van der Waals surface area contributed by atoms with E-state index < -0.39 is 15.8 Å². The van der Waals surface area contributed by atoms with Crippen LogP contribution in [0.2, 0.25) is 0 Å². The second kappa shape index (κ2) is 8.38. The molecule has 0 spiro atoms. The SMILES string of the molecule is COc1ccc(C(=O)N2CCN(S(=O)(=O)c3cc(C)ccc3F)CC2)cc1OC. The lowest BCUT2D eigenvalue weighted by molar-refractivity contribution is 0.0697. The molecule has 7 nitrogen and oxygen atoms in total. The maximum absolute atomic E-state index is 14.1. The summed E-state index contributed by atoms with van der Waals surface area (Å²) in [4.78, 5) is 14.0. The number of carbonyl (C=O) groups excluding carboxylic acids is 1. The Morgan fingerprint density at radius 3 is 2.24 bits per heavy atom. The molecule has 1 aliphatic heterocycles. The number of benzene rings is 2. The molecule has 0 N–H and O–H groups in total. The first-order chi connectivity index (χ1) is 13.8. The third-order valence-electron chi connectivity index (χ3n) is 4.86. The number of piperazine rings is 1. The Bertz CT molecular complexity index is 1020. The van der Waals surface area contributed by atoms with Crippen molar-refractivity contribution in [2.45, 2.75) is 11.8 Å². The van der Waals surface area contributed by atoms with Gasteiger partial charge < -0.3 is 14.4 Å². The van der Waals surface area contributed by atoms with Gasteiger partial charge in [0.15, 0.2) is 11.5 Å². The zero-order valence-corrected chi connectivity index (χ0v) is 17.3. The minimum atomic E-state index is -3.96. The molecule has 1 saturated heterocycles. The monoisotopic (exact) mass is 422 g/mol. The highest BCUT2D eigenvalue weighted by atomic mass is 32.2. The number of nitrogens with zero attached hydrogens (tertiary/aromatic N) is 2. The van der Waals surface area contributed by atoms with Crippen LogP contribution < -0.4 is 9.47 Å². The van der Waals surface area contributed by atoms with Gasteiger partial charge in [0.05, 0.1) is 14.2 Å². The minimum absolute atomic E-state index is 0.0920. The van der Waals surface area contributed by atoms with E-state index >= 15 is 0 Å². The van der Waals surface area contributed by atoms with E-state index in [2.05, 4.69) is 0 Å². The van der Waals surface area contributed by atoms with Crippen LogP contribution in [-0.2, 0) is 10.0 Å². The molecule has 1 fully saturated rings. The van der Waals surface area contributed by atoms with Gasteiger partial charge >= 0.3 is 0 Å². The van der Waals surface area contributed by atoms with Crippen molar-refractivity contribution in [3.63, 3.8) is 0 Å². The van der Waals surface area contributed by atoms with Crippen LogP contribution in [0, 0.1) is 12.7 Å². The molecule has 0 aromatic heterocycles. The molecule has 29 heavy (non-hydrogen) atoms. The van der Waals surface area contributed by atoms with E-state index in [1.807, 2.05) is 0 Å². The van der Waals surface area contributed by atoms with Crippen LogP contribution >= 0.6 is 0 Å². The van der Waals surface area contributed by atoms with Crippen molar-refractivity contribution in [2.24, 2.45) is 0 Å². The minimum Gasteiger partial charge on any atom is -0.493 e. The number of aryl methyl sites for hydroxylation is 1. The summed E-state index contributed by atoms with van der Waals surface area (Å²) in [5, 5.41) is 0. The van der Waals surface area contributed by atoms with Crippen LogP contribution in [0.4, 0.5) is 4.39 Å². The van der Waals surface area contributed by atoms with Gasteiger partial charge in [0.2, 0.25) is 10.0 Å². The van der Waals surface area contributed by atoms with Crippen LogP contribution in [0.1, 0.15) is 15.9 Å². The number of ether oxygens (including phenoxy) is 2. The number of rotatable bonds is 5. The molecular weight excluding hydrogens is 399 g/mol. The maximum Gasteiger partial charge on any atom is 0.254 e. The summed E-state index contributed by atoms with van der Waals surface area (Å²) in [5.41, 5.74) is 1.08. The van der Waals surface area contributed by atoms with Gasteiger partial charge in [-0.05, 0) is 42.8 Å². The average Bonchev–Trinajstić information content (AvgIpc) is 2.74. The summed E-state index contributed by atoms with van der Waals surface area (Å²) in [7, 11) is -0.969. The summed E-state index contributed by atoms with van der Waals surface area (Å²) >= 11 is 0. The van der Waals surface area contributed by atoms with E-state index in [1.165, 1.54) is 30.7 Å². The lowest BCUT2D eigenvalue weighted by Crippen LogP contribution is -2.50. The van der Waals surface area contributed by atoms with E-state index in [0.29, 0.717) is 22.6 Å². The summed E-state index contributed by atoms with van der Waals surface area (Å²) < 4.78 is 51.3. The first-order valence-corrected chi connectivity index (χ1v) is 10.5. The number of hydrogen-bond acceptors (Lipinski definition) is 5. The van der Waals surface area contributed by atoms with Crippen LogP contribution in [0.3, 0.4) is 0 Å². The molecule has 0 atom stereocenters. The van der Waals surface area contributed by atoms with Gasteiger partial charge in [0.1, 0.15) is 10.7 Å². The maximum atomic E-state index is 14.1. The summed E-state index contributed by atoms with van der Waals surface area (Å²) in [6.07, 6.45) is 0. The molecule has 0 bridgehead atoms. The molecule has 2 aromatic rings. The first-order valence-electron chi connectivity index (χ1n) is 9.05. The molecule has 1 aliphatic rings. The average molecular weight is 422 g/mol. The summed E-state index contributed by atoms with van der Waals surface area (Å²) in [6, 6.07) is 8.87. The zero-order valence-electron chi connectivity index (χ0n) is 16.5. The summed E-state index contributed by atoms with van der Waals surface area (Å²) in [6.45, 7) is 2.31. The van der Waals surface area contributed by atoms with E-state index in [1.54, 1.807) is 30.0 Å². The van der Waals surface area contributed by atoms with Crippen molar-refractivity contribution in [3.8, 4) is 11.5 Å². The molecule has 0 saturated carbocycles. The Labute approximate surface area is 169 Å². The second-order valence-corrected chi connectivity index (χ2v) is 8.61. The number of methoxy groups -OCH3 is 2. The highest BCUT2D eigenvalue weighted by Crippen LogP contribution is 2.28. The third kappa shape index (κ3) is 4.20. The Hall–Kier alpha value is -2.65. The quantitative estimate of drug-likeness (QED) is 0.739. The van der Waals surface area contributed by atoms with Gasteiger partial charge in [-0.15, -0.1) is 0 Å². The normalized spacial score (nSPS) is 15.2. The van der Waals surface area contributed by atoms with Gasteiger partial charge in [0, 0.05) is 31.7 Å². The number of halogens is 1. The predicted octanol–water partition coefficient (Wildman–Crippen LogP) is 2.30. The van der Waals surface area contributed by atoms with Crippen molar-refractivity contribution in [1.82, 2.24) is 9.21 Å². The van der Waals surface area contributed by atoms with Crippen molar-refractivity contribution in [1.29, 1.82) is 0 Å². The van der Waals surface area contributed by atoms with Gasteiger partial charge in [-0.3, -0.25) is 4.79 Å². The molecule has 1 heterocycles. The first kappa shape index (κ1) is 21.1. The van der Waals surface area contributed by atoms with Crippen LogP contribution in [0.5, 0.6) is 11.5 Å². The third-order valence-corrected chi connectivity index (χ3v) is 6.77. The Kier molecular flexibility index (Phi) is 6.09. The highest BCUT2D eigenvalue weighted by molar-refractivity contribution is 7.89. The Morgan fingerprint density at radius 2 is 1.62 bits per heavy atom. The van der Waals surface area contributed by atoms with Crippen LogP contribution in [0.25, 0.3) is 0 Å². The molecule has 9 heteroatoms. The molecule has 0 radical (unpaired) electrons. The molecule has 1 amide bonds. The number of amides is 1. The Morgan fingerprint density at radius 1 is 0.966 bits per heavy atom. The van der Waals surface area contributed by atoms with Crippen molar-refractivity contribution < 1.29 is 27.1 Å². The fourth-order valence-corrected chi connectivity index (χ4v) is 4.80. The molecule has 0 unspecified atom stereocenters. The molecule has 3 rings (SSSR count). The van der Waals surface area contributed by atoms with Gasteiger partial charge in [0.25, 0.3) is 5.91 Å². The molecule has 156 valence electrons. The Balaban J connectivity index is 1.73. The second-order valence-electron chi connectivity index (χ2n) is 6.70. The van der Waals surface area contributed by atoms with Crippen LogP contribution in [-0.4, -0.2) is 63.9 Å². The molecule has 2 aromatic carbocycles. The van der Waals surface area contributed by atoms with Gasteiger partial charge in [-0.25, -0.2) is 12.8 Å². The van der Waals surface area contributed by atoms with Gasteiger partial charge in [-0.2, -0.15) is 4.31 Å². The van der Waals surface area contributed by atoms with E-state index in [9.17, 15) is 17.6 Å². The summed E-state index contributed by atoms with van der Waals surface area (Å²) in [5.74, 6) is -0.0567. The van der Waals surface area contributed by atoms with E-state index in [4.69, 9.17) is 9.47 Å². The van der Waals surface area contributed by atoms with Crippen LogP contribution in [0.15, 0.2) is 41.3 Å². The molecule has 0 aliphatic carbocycles. The van der Waals surface area contributed by atoms with Crippen molar-refractivity contribution >= 4 is 15.9 Å². The van der Waals surface area contributed by atoms with E-state index in [0.717, 1.165) is 6.07 Å². The highest BCUT2D eigenvalue weighted by Gasteiger charge is 2.32. The predicted molar refractivity (Wildman–Crippen MR) is 105 cm³/mol. The van der Waals surface area contributed by atoms with Gasteiger partial charge in [-0.1, -0.05) is 6.07 Å². The fraction of sp³-hybridized carbons (Fsp3) is 0.350. The topological polar surface area (TPSA) is 76.2 Å². The number of sulfonamides is 1. The zero-order chi connectivity index (χ0) is 21.2. The lowest BCUT2D eigenvalue weighted by atomic mass is 10.1. The number of hydrogen-bond donors (Lipinski definition) is 0. The van der Waals surface area contributed by atoms with Crippen molar-refractivity contribution in [3.05, 3.63) is 53.3 Å². The molecular formula is C20H23FN2O5S. The standard InChI is InChI=1S/C20H23FN2O5S/c1-14-4-6-16(21)19(12-14)29(25,26)23-10-8-22(9-11-23)20(24)15-5-7-17(27-2)18(13-15)28-3/h4-7,12-13H,8-11H2,1-3H3. The van der Waals surface area contributed by atoms with E-state index in [-0.39, 0.29) is 37.0 Å². The smallest absolute Gasteiger partial charge is 0.254 e. The fourth-order valence-electron chi connectivity index (χ4n) is 3.23. The largest absolute Gasteiger partial charge is 0.493 e. The van der Waals surface area contributed by atoms with Crippen molar-refractivity contribution in [2.75, 3.05) is 40.4 Å². The number of carbonyl (C=O) groups is 1.